The van der Waals surface area contributed by atoms with E-state index in [0.29, 0.717) is 19.9 Å². The Morgan fingerprint density at radius 2 is 1.71 bits per heavy atom. The van der Waals surface area contributed by atoms with E-state index in [1.165, 1.54) is 13.5 Å². The molecule has 8 atom stereocenters. The molecule has 0 radical (unpaired) electrons. The Morgan fingerprint density at radius 1 is 1.03 bits per heavy atom. The zero-order chi connectivity index (χ0) is 23.0. The first-order valence-electron chi connectivity index (χ1n) is 12.0. The van der Waals surface area contributed by atoms with Gasteiger partial charge in [-0.3, -0.25) is 9.18 Å². The molecule has 6 heteroatoms. The Labute approximate surface area is 184 Å². The molecule has 0 aliphatic heterocycles. The van der Waals surface area contributed by atoms with Crippen molar-refractivity contribution in [2.45, 2.75) is 84.0 Å². The third-order valence-electron chi connectivity index (χ3n) is 9.98. The summed E-state index contributed by atoms with van der Waals surface area (Å²) in [5.74, 6) is -4.02. The Balaban J connectivity index is 0.00000132. The van der Waals surface area contributed by atoms with Crippen LogP contribution in [0.25, 0.3) is 0 Å². The molecule has 4 rings (SSSR count). The quantitative estimate of drug-likeness (QED) is 0.293. The number of hydrogen-bond acceptors (Lipinski definition) is 3. The van der Waals surface area contributed by atoms with Gasteiger partial charge in [-0.15, -0.1) is 0 Å². The minimum absolute atomic E-state index is 0.00843. The highest BCUT2D eigenvalue weighted by molar-refractivity contribution is 5.87. The lowest BCUT2D eigenvalue weighted by Crippen LogP contribution is -2.60. The molecule has 0 N–H and O–H groups in total. The predicted octanol–water partition coefficient (Wildman–Crippen LogP) is 6.24. The SMILES string of the molecule is CF.COC(=O)C(C=O)CC1CCC2C3C(CCC12C)C1(C)CCCCC1CC3(F)F. The molecular formula is C25H39F3O3. The maximum absolute atomic E-state index is 15.6. The molecule has 178 valence electrons. The van der Waals surface area contributed by atoms with E-state index >= 15 is 8.78 Å². The van der Waals surface area contributed by atoms with Gasteiger partial charge in [-0.25, -0.2) is 8.78 Å². The third kappa shape index (κ3) is 3.94. The lowest BCUT2D eigenvalue weighted by atomic mass is 9.44. The number of ether oxygens (including phenoxy) is 1. The first-order chi connectivity index (χ1) is 14.7. The fraction of sp³-hybridized carbons (Fsp3) is 0.920. The first-order valence-corrected chi connectivity index (χ1v) is 12.0. The molecule has 0 saturated heterocycles. The Morgan fingerprint density at radius 3 is 2.35 bits per heavy atom. The van der Waals surface area contributed by atoms with Crippen molar-refractivity contribution in [2.75, 3.05) is 14.3 Å². The number of carbonyl (C=O) groups is 2. The zero-order valence-electron chi connectivity index (χ0n) is 19.5. The summed E-state index contributed by atoms with van der Waals surface area (Å²) in [6.07, 6.45) is 8.92. The number of esters is 1. The summed E-state index contributed by atoms with van der Waals surface area (Å²) in [6.45, 7) is 4.47. The van der Waals surface area contributed by atoms with Gasteiger partial charge in [-0.2, -0.15) is 0 Å². The number of aldehydes is 1. The summed E-state index contributed by atoms with van der Waals surface area (Å²) >= 11 is 0. The standard InChI is InChI=1S/C24H36F2O3.CH3F/c1-22-10-5-4-6-17(22)13-24(25,26)20-18-8-7-16(12-15(14-27)21(28)29-3)23(18,2)11-9-19(20)22;1-2/h14-20H,4-13H2,1-3H3;1H3. The van der Waals surface area contributed by atoms with Crippen LogP contribution in [-0.2, 0) is 14.3 Å². The van der Waals surface area contributed by atoms with E-state index in [9.17, 15) is 14.0 Å². The fourth-order valence-corrected chi connectivity index (χ4v) is 8.35. The number of fused-ring (bicyclic) bond motifs is 5. The van der Waals surface area contributed by atoms with Gasteiger partial charge in [-0.05, 0) is 79.4 Å². The van der Waals surface area contributed by atoms with Crippen LogP contribution in [0.15, 0.2) is 0 Å². The van der Waals surface area contributed by atoms with Gasteiger partial charge in [0.25, 0.3) is 5.92 Å². The highest BCUT2D eigenvalue weighted by Crippen LogP contribution is 2.70. The maximum Gasteiger partial charge on any atom is 0.315 e. The lowest BCUT2D eigenvalue weighted by molar-refractivity contribution is -0.232. The van der Waals surface area contributed by atoms with Gasteiger partial charge in [0.1, 0.15) is 12.2 Å². The van der Waals surface area contributed by atoms with Crippen LogP contribution in [0, 0.1) is 46.3 Å². The van der Waals surface area contributed by atoms with Crippen LogP contribution in [0.2, 0.25) is 0 Å². The van der Waals surface area contributed by atoms with Crippen molar-refractivity contribution in [1.29, 1.82) is 0 Å². The van der Waals surface area contributed by atoms with E-state index in [0.717, 1.165) is 44.9 Å². The molecule has 0 bridgehead atoms. The highest BCUT2D eigenvalue weighted by atomic mass is 19.3. The lowest BCUT2D eigenvalue weighted by Gasteiger charge is -2.62. The number of hydrogen-bond donors (Lipinski definition) is 0. The molecule has 0 aromatic carbocycles. The third-order valence-corrected chi connectivity index (χ3v) is 9.98. The number of carbonyl (C=O) groups excluding carboxylic acids is 2. The molecule has 8 unspecified atom stereocenters. The van der Waals surface area contributed by atoms with Crippen molar-refractivity contribution >= 4 is 12.3 Å². The van der Waals surface area contributed by atoms with E-state index in [-0.39, 0.29) is 40.9 Å². The molecule has 4 saturated carbocycles. The van der Waals surface area contributed by atoms with Crippen LogP contribution in [0.5, 0.6) is 0 Å². The Bertz CT molecular complexity index is 668. The van der Waals surface area contributed by atoms with Gasteiger partial charge in [0.15, 0.2) is 0 Å². The highest BCUT2D eigenvalue weighted by Gasteiger charge is 2.67. The largest absolute Gasteiger partial charge is 0.468 e. The van der Waals surface area contributed by atoms with E-state index in [1.807, 2.05) is 0 Å². The molecule has 4 fully saturated rings. The Hall–Kier alpha value is -1.07. The summed E-state index contributed by atoms with van der Waals surface area (Å²) in [6, 6.07) is 0. The molecule has 31 heavy (non-hydrogen) atoms. The van der Waals surface area contributed by atoms with Crippen LogP contribution in [0.4, 0.5) is 13.2 Å². The smallest absolute Gasteiger partial charge is 0.315 e. The second kappa shape index (κ2) is 9.05. The molecule has 4 aliphatic carbocycles. The summed E-state index contributed by atoms with van der Waals surface area (Å²) in [5.41, 5.74) is -0.154. The first kappa shape index (κ1) is 24.6. The van der Waals surface area contributed by atoms with Crippen molar-refractivity contribution in [2.24, 2.45) is 46.3 Å². The van der Waals surface area contributed by atoms with Crippen LogP contribution in [0.3, 0.4) is 0 Å². The molecule has 4 aliphatic rings. The number of rotatable bonds is 4. The van der Waals surface area contributed by atoms with Crippen LogP contribution in [-0.4, -0.2) is 32.5 Å². The monoisotopic (exact) mass is 444 g/mol. The molecule has 0 aromatic rings. The van der Waals surface area contributed by atoms with Gasteiger partial charge in [0.05, 0.1) is 14.3 Å². The van der Waals surface area contributed by atoms with Gasteiger partial charge in [0, 0.05) is 12.3 Å². The normalized spacial score (nSPS) is 43.9. The molecule has 0 heterocycles. The Kier molecular flexibility index (Phi) is 7.17. The maximum atomic E-state index is 15.6. The van der Waals surface area contributed by atoms with Gasteiger partial charge >= 0.3 is 5.97 Å². The van der Waals surface area contributed by atoms with E-state index < -0.39 is 23.7 Å². The van der Waals surface area contributed by atoms with Crippen LogP contribution in [0.1, 0.15) is 78.1 Å². The minimum Gasteiger partial charge on any atom is -0.468 e. The fourth-order valence-electron chi connectivity index (χ4n) is 8.35. The molecule has 0 aromatic heterocycles. The molecule has 3 nitrogen and oxygen atoms in total. The van der Waals surface area contributed by atoms with Crippen LogP contribution < -0.4 is 0 Å². The summed E-state index contributed by atoms with van der Waals surface area (Å²) in [7, 11) is 1.80. The van der Waals surface area contributed by atoms with Crippen molar-refractivity contribution in [3.63, 3.8) is 0 Å². The average Bonchev–Trinajstić information content (AvgIpc) is 3.09. The summed E-state index contributed by atoms with van der Waals surface area (Å²) in [4.78, 5) is 23.4. The van der Waals surface area contributed by atoms with Crippen molar-refractivity contribution in [3.05, 3.63) is 0 Å². The van der Waals surface area contributed by atoms with Crippen molar-refractivity contribution < 1.29 is 27.5 Å². The zero-order valence-corrected chi connectivity index (χ0v) is 19.5. The molecule has 0 amide bonds. The molecule has 0 spiro atoms. The van der Waals surface area contributed by atoms with E-state index in [1.54, 1.807) is 0 Å². The van der Waals surface area contributed by atoms with Gasteiger partial charge in [0.2, 0.25) is 0 Å². The van der Waals surface area contributed by atoms with Crippen molar-refractivity contribution in [1.82, 2.24) is 0 Å². The minimum atomic E-state index is -2.60. The topological polar surface area (TPSA) is 43.4 Å². The van der Waals surface area contributed by atoms with Crippen LogP contribution >= 0.6 is 0 Å². The number of methoxy groups -OCH3 is 1. The van der Waals surface area contributed by atoms with Crippen molar-refractivity contribution in [3.8, 4) is 0 Å². The second-order valence-corrected chi connectivity index (χ2v) is 11.0. The van der Waals surface area contributed by atoms with E-state index in [2.05, 4.69) is 13.8 Å². The van der Waals surface area contributed by atoms with Gasteiger partial charge < -0.3 is 9.53 Å². The second-order valence-electron chi connectivity index (χ2n) is 11.0. The summed E-state index contributed by atoms with van der Waals surface area (Å²) in [5, 5.41) is 0. The predicted molar refractivity (Wildman–Crippen MR) is 113 cm³/mol. The number of alkyl halides is 3. The average molecular weight is 445 g/mol. The summed E-state index contributed by atoms with van der Waals surface area (Å²) < 4.78 is 45.5. The van der Waals surface area contributed by atoms with Gasteiger partial charge in [-0.1, -0.05) is 26.7 Å². The molecular weight excluding hydrogens is 405 g/mol. The van der Waals surface area contributed by atoms with E-state index in [4.69, 9.17) is 4.74 Å². The number of halogens is 3.